The van der Waals surface area contributed by atoms with Gasteiger partial charge in [0.15, 0.2) is 0 Å². The molecular formula is C10H15N3. The maximum Gasteiger partial charge on any atom is 0.135 e. The fourth-order valence-electron chi connectivity index (χ4n) is 1.59. The van der Waals surface area contributed by atoms with Gasteiger partial charge in [-0.1, -0.05) is 13.8 Å². The second kappa shape index (κ2) is 2.91. The number of fused-ring (bicyclic) bond motifs is 1. The Morgan fingerprint density at radius 3 is 2.85 bits per heavy atom. The average Bonchev–Trinajstić information content (AvgIpc) is 2.51. The van der Waals surface area contributed by atoms with Gasteiger partial charge in [-0.25, -0.2) is 4.52 Å². The molecule has 0 aliphatic carbocycles. The van der Waals surface area contributed by atoms with Gasteiger partial charge in [0.1, 0.15) is 5.65 Å². The minimum atomic E-state index is 0.673. The van der Waals surface area contributed by atoms with Crippen LogP contribution in [0, 0.1) is 12.8 Å². The van der Waals surface area contributed by atoms with Gasteiger partial charge in [0, 0.05) is 25.0 Å². The molecule has 13 heavy (non-hydrogen) atoms. The second-order valence-corrected chi connectivity index (χ2v) is 3.93. The summed E-state index contributed by atoms with van der Waals surface area (Å²) < 4.78 is 4.17. The van der Waals surface area contributed by atoms with E-state index in [-0.39, 0.29) is 0 Å². The molecule has 0 bridgehead atoms. The first-order chi connectivity index (χ1) is 6.16. The molecule has 2 heterocycles. The van der Waals surface area contributed by atoms with Crippen LogP contribution in [0.25, 0.3) is 5.65 Å². The molecule has 0 N–H and O–H groups in total. The summed E-state index contributed by atoms with van der Waals surface area (Å²) in [5.41, 5.74) is 2.26. The van der Waals surface area contributed by atoms with Crippen LogP contribution in [-0.4, -0.2) is 14.2 Å². The Morgan fingerprint density at radius 2 is 2.15 bits per heavy atom. The molecule has 0 unspecified atom stereocenters. The molecule has 2 aromatic rings. The quantitative estimate of drug-likeness (QED) is 0.688. The van der Waals surface area contributed by atoms with Gasteiger partial charge in [0.05, 0.1) is 5.69 Å². The lowest BCUT2D eigenvalue weighted by atomic mass is 10.2. The summed E-state index contributed by atoms with van der Waals surface area (Å²) in [5, 5.41) is 4.34. The van der Waals surface area contributed by atoms with Gasteiger partial charge in [0.2, 0.25) is 0 Å². The van der Waals surface area contributed by atoms with Crippen LogP contribution in [0.3, 0.4) is 0 Å². The topological polar surface area (TPSA) is 22.2 Å². The number of hydrogen-bond acceptors (Lipinski definition) is 1. The second-order valence-electron chi connectivity index (χ2n) is 3.93. The minimum absolute atomic E-state index is 0.673. The zero-order valence-electron chi connectivity index (χ0n) is 8.36. The smallest absolute Gasteiger partial charge is 0.135 e. The molecule has 2 rings (SSSR count). The van der Waals surface area contributed by atoms with Gasteiger partial charge in [-0.3, -0.25) is 0 Å². The number of hydrogen-bond donors (Lipinski definition) is 0. The normalized spacial score (nSPS) is 11.7. The van der Waals surface area contributed by atoms with Crippen LogP contribution >= 0.6 is 0 Å². The molecule has 0 amide bonds. The van der Waals surface area contributed by atoms with Crippen molar-refractivity contribution in [3.8, 4) is 0 Å². The Labute approximate surface area is 78.0 Å². The van der Waals surface area contributed by atoms with Crippen LogP contribution in [0.15, 0.2) is 18.5 Å². The number of imidazole rings is 1. The SMILES string of the molecule is Cc1cc2n(CC(C)C)ccn2n1. The van der Waals surface area contributed by atoms with Crippen molar-refractivity contribution in [1.82, 2.24) is 14.2 Å². The highest BCUT2D eigenvalue weighted by Gasteiger charge is 2.04. The van der Waals surface area contributed by atoms with Gasteiger partial charge >= 0.3 is 0 Å². The summed E-state index contributed by atoms with van der Waals surface area (Å²) in [6, 6.07) is 2.11. The van der Waals surface area contributed by atoms with Crippen LogP contribution in [-0.2, 0) is 6.54 Å². The Hall–Kier alpha value is -1.25. The predicted octanol–water partition coefficient (Wildman–Crippen LogP) is 2.10. The van der Waals surface area contributed by atoms with E-state index in [2.05, 4.69) is 35.8 Å². The molecular weight excluding hydrogens is 162 g/mol. The van der Waals surface area contributed by atoms with Gasteiger partial charge in [-0.2, -0.15) is 5.10 Å². The molecule has 0 saturated heterocycles. The summed E-state index contributed by atoms with van der Waals surface area (Å²) >= 11 is 0. The predicted molar refractivity (Wildman–Crippen MR) is 52.8 cm³/mol. The number of rotatable bonds is 2. The third-order valence-corrected chi connectivity index (χ3v) is 2.08. The van der Waals surface area contributed by atoms with Crippen molar-refractivity contribution in [1.29, 1.82) is 0 Å². The average molecular weight is 177 g/mol. The van der Waals surface area contributed by atoms with Crippen molar-refractivity contribution < 1.29 is 0 Å². The van der Waals surface area contributed by atoms with Crippen LogP contribution in [0.2, 0.25) is 0 Å². The molecule has 0 radical (unpaired) electrons. The summed E-state index contributed by atoms with van der Waals surface area (Å²) in [6.45, 7) is 7.52. The fourth-order valence-corrected chi connectivity index (χ4v) is 1.59. The lowest BCUT2D eigenvalue weighted by Crippen LogP contribution is -2.02. The van der Waals surface area contributed by atoms with E-state index in [1.807, 2.05) is 17.6 Å². The highest BCUT2D eigenvalue weighted by molar-refractivity contribution is 5.40. The van der Waals surface area contributed by atoms with Crippen LogP contribution in [0.1, 0.15) is 19.5 Å². The van der Waals surface area contributed by atoms with Crippen molar-refractivity contribution in [2.75, 3.05) is 0 Å². The van der Waals surface area contributed by atoms with Crippen LogP contribution < -0.4 is 0 Å². The maximum absolute atomic E-state index is 4.34. The van der Waals surface area contributed by atoms with Crippen molar-refractivity contribution >= 4 is 5.65 Å². The molecule has 3 heteroatoms. The van der Waals surface area contributed by atoms with E-state index in [4.69, 9.17) is 0 Å². The van der Waals surface area contributed by atoms with E-state index in [1.54, 1.807) is 0 Å². The van der Waals surface area contributed by atoms with Gasteiger partial charge in [-0.05, 0) is 12.8 Å². The van der Waals surface area contributed by atoms with E-state index in [0.717, 1.165) is 12.2 Å². The van der Waals surface area contributed by atoms with Crippen LogP contribution in [0.4, 0.5) is 0 Å². The van der Waals surface area contributed by atoms with E-state index in [9.17, 15) is 0 Å². The van der Waals surface area contributed by atoms with Gasteiger partial charge in [0.25, 0.3) is 0 Å². The van der Waals surface area contributed by atoms with Crippen molar-refractivity contribution in [2.24, 2.45) is 5.92 Å². The molecule has 2 aromatic heterocycles. The zero-order chi connectivity index (χ0) is 9.42. The molecule has 0 aliphatic rings. The molecule has 0 aromatic carbocycles. The first-order valence-electron chi connectivity index (χ1n) is 4.68. The summed E-state index contributed by atoms with van der Waals surface area (Å²) in [5.74, 6) is 0.673. The van der Waals surface area contributed by atoms with E-state index in [0.29, 0.717) is 5.92 Å². The molecule has 0 spiro atoms. The van der Waals surface area contributed by atoms with E-state index >= 15 is 0 Å². The molecule has 70 valence electrons. The first-order valence-corrected chi connectivity index (χ1v) is 4.68. The highest BCUT2D eigenvalue weighted by atomic mass is 15.3. The van der Waals surface area contributed by atoms with Crippen molar-refractivity contribution in [3.05, 3.63) is 24.2 Å². The van der Waals surface area contributed by atoms with E-state index < -0.39 is 0 Å². The van der Waals surface area contributed by atoms with Crippen LogP contribution in [0.5, 0.6) is 0 Å². The third-order valence-electron chi connectivity index (χ3n) is 2.08. The number of nitrogens with zero attached hydrogens (tertiary/aromatic N) is 3. The highest BCUT2D eigenvalue weighted by Crippen LogP contribution is 2.09. The summed E-state index contributed by atoms with van der Waals surface area (Å²) in [7, 11) is 0. The van der Waals surface area contributed by atoms with E-state index in [1.165, 1.54) is 5.65 Å². The number of aryl methyl sites for hydroxylation is 1. The zero-order valence-corrected chi connectivity index (χ0v) is 8.36. The lowest BCUT2D eigenvalue weighted by Gasteiger charge is -2.05. The largest absolute Gasteiger partial charge is 0.331 e. The molecule has 0 aliphatic heterocycles. The maximum atomic E-state index is 4.34. The molecule has 0 atom stereocenters. The first kappa shape index (κ1) is 8.35. The minimum Gasteiger partial charge on any atom is -0.331 e. The molecule has 0 saturated carbocycles. The monoisotopic (exact) mass is 177 g/mol. The van der Waals surface area contributed by atoms with Gasteiger partial charge < -0.3 is 4.57 Å². The van der Waals surface area contributed by atoms with Gasteiger partial charge in [-0.15, -0.1) is 0 Å². The molecule has 0 fully saturated rings. The fraction of sp³-hybridized carbons (Fsp3) is 0.500. The van der Waals surface area contributed by atoms with Crippen molar-refractivity contribution in [2.45, 2.75) is 27.3 Å². The van der Waals surface area contributed by atoms with Crippen molar-refractivity contribution in [3.63, 3.8) is 0 Å². The Bertz CT molecular complexity index is 409. The standard InChI is InChI=1S/C10H15N3/c1-8(2)7-12-4-5-13-10(12)6-9(3)11-13/h4-6,8H,7H2,1-3H3. The lowest BCUT2D eigenvalue weighted by molar-refractivity contribution is 0.533. The number of aromatic nitrogens is 3. The summed E-state index contributed by atoms with van der Waals surface area (Å²) in [6.07, 6.45) is 4.09. The summed E-state index contributed by atoms with van der Waals surface area (Å²) in [4.78, 5) is 0. The Kier molecular flexibility index (Phi) is 1.87. The Balaban J connectivity index is 2.44. The Morgan fingerprint density at radius 1 is 1.38 bits per heavy atom. The third kappa shape index (κ3) is 1.46. The molecule has 3 nitrogen and oxygen atoms in total.